The molecule has 0 aliphatic carbocycles. The van der Waals surface area contributed by atoms with E-state index in [1.165, 1.54) is 0 Å². The number of carbonyl (C=O) groups excluding carboxylic acids is 3. The molecule has 1 saturated heterocycles. The van der Waals surface area contributed by atoms with Crippen LogP contribution in [0.4, 0.5) is 0 Å². The van der Waals surface area contributed by atoms with E-state index in [4.69, 9.17) is 5.73 Å². The first-order valence-electron chi connectivity index (χ1n) is 10.2. The highest BCUT2D eigenvalue weighted by molar-refractivity contribution is 5.88. The predicted octanol–water partition coefficient (Wildman–Crippen LogP) is -0.139. The number of nitrogens with one attached hydrogen (secondary N) is 2. The molecular weight excluding hydrogens is 370 g/mol. The fourth-order valence-electron chi connectivity index (χ4n) is 3.12. The number of benzene rings is 1. The van der Waals surface area contributed by atoms with Gasteiger partial charge in [-0.2, -0.15) is 0 Å². The standard InChI is InChI=1S/C21H33N5O3/c1-4-19(27)24-18(21(29)26-11-9-25(3)10-12-26)13-16-5-7-17(8-6-16)14-23-20(28)15(2)22/h5-8,15,18H,4,9-14,22H2,1-3H3,(H,23,28)(H,24,27)/t15?,18-/m1/s1. The molecule has 1 aliphatic rings. The van der Waals surface area contributed by atoms with Crippen LogP contribution in [0.2, 0.25) is 0 Å². The van der Waals surface area contributed by atoms with Gasteiger partial charge in [0, 0.05) is 45.6 Å². The van der Waals surface area contributed by atoms with Crippen LogP contribution in [0.15, 0.2) is 24.3 Å². The minimum Gasteiger partial charge on any atom is -0.351 e. The summed E-state index contributed by atoms with van der Waals surface area (Å²) in [4.78, 5) is 40.6. The van der Waals surface area contributed by atoms with Crippen LogP contribution < -0.4 is 16.4 Å². The van der Waals surface area contributed by atoms with Gasteiger partial charge in [0.1, 0.15) is 6.04 Å². The van der Waals surface area contributed by atoms with Gasteiger partial charge in [0.05, 0.1) is 6.04 Å². The highest BCUT2D eigenvalue weighted by atomic mass is 16.2. The average Bonchev–Trinajstić information content (AvgIpc) is 2.72. The summed E-state index contributed by atoms with van der Waals surface area (Å²) in [5.41, 5.74) is 7.44. The Labute approximate surface area is 172 Å². The molecule has 2 atom stereocenters. The van der Waals surface area contributed by atoms with E-state index in [0.717, 1.165) is 24.2 Å². The molecule has 8 heteroatoms. The number of amides is 3. The van der Waals surface area contributed by atoms with E-state index in [1.807, 2.05) is 36.2 Å². The van der Waals surface area contributed by atoms with Crippen molar-refractivity contribution in [3.63, 3.8) is 0 Å². The minimum atomic E-state index is -0.575. The molecule has 160 valence electrons. The van der Waals surface area contributed by atoms with Gasteiger partial charge in [-0.1, -0.05) is 31.2 Å². The molecule has 0 spiro atoms. The van der Waals surface area contributed by atoms with Crippen molar-refractivity contribution in [2.75, 3.05) is 33.2 Å². The van der Waals surface area contributed by atoms with Crippen LogP contribution in [0.5, 0.6) is 0 Å². The van der Waals surface area contributed by atoms with Gasteiger partial charge in [0.15, 0.2) is 0 Å². The summed E-state index contributed by atoms with van der Waals surface area (Å²) in [6, 6.07) is 6.56. The average molecular weight is 404 g/mol. The van der Waals surface area contributed by atoms with E-state index in [2.05, 4.69) is 15.5 Å². The van der Waals surface area contributed by atoms with Gasteiger partial charge in [-0.05, 0) is 25.1 Å². The van der Waals surface area contributed by atoms with Crippen molar-refractivity contribution < 1.29 is 14.4 Å². The second kappa shape index (κ2) is 10.9. The zero-order valence-electron chi connectivity index (χ0n) is 17.6. The molecule has 1 heterocycles. The number of nitrogens with two attached hydrogens (primary N) is 1. The van der Waals surface area contributed by atoms with Gasteiger partial charge in [-0.15, -0.1) is 0 Å². The lowest BCUT2D eigenvalue weighted by molar-refractivity contribution is -0.137. The topological polar surface area (TPSA) is 108 Å². The molecule has 2 rings (SSSR count). The fourth-order valence-corrected chi connectivity index (χ4v) is 3.12. The predicted molar refractivity (Wildman–Crippen MR) is 112 cm³/mol. The Hall–Kier alpha value is -2.45. The Kier molecular flexibility index (Phi) is 8.60. The molecule has 8 nitrogen and oxygen atoms in total. The molecule has 29 heavy (non-hydrogen) atoms. The van der Waals surface area contributed by atoms with Gasteiger partial charge in [-0.25, -0.2) is 0 Å². The Balaban J connectivity index is 2.01. The summed E-state index contributed by atoms with van der Waals surface area (Å²) < 4.78 is 0. The number of piperazine rings is 1. The summed E-state index contributed by atoms with van der Waals surface area (Å²) >= 11 is 0. The van der Waals surface area contributed by atoms with Crippen LogP contribution >= 0.6 is 0 Å². The molecule has 0 saturated carbocycles. The summed E-state index contributed by atoms with van der Waals surface area (Å²) in [6.07, 6.45) is 0.772. The maximum atomic E-state index is 13.0. The van der Waals surface area contributed by atoms with Crippen molar-refractivity contribution >= 4 is 17.7 Å². The summed E-state index contributed by atoms with van der Waals surface area (Å²) in [7, 11) is 2.04. The molecule has 1 aliphatic heterocycles. The van der Waals surface area contributed by atoms with E-state index >= 15 is 0 Å². The van der Waals surface area contributed by atoms with Crippen LogP contribution in [0, 0.1) is 0 Å². The molecule has 1 aromatic rings. The first-order chi connectivity index (χ1) is 13.8. The maximum Gasteiger partial charge on any atom is 0.245 e. The smallest absolute Gasteiger partial charge is 0.245 e. The minimum absolute atomic E-state index is 0.0341. The number of nitrogens with zero attached hydrogens (tertiary/aromatic N) is 2. The van der Waals surface area contributed by atoms with Gasteiger partial charge >= 0.3 is 0 Å². The largest absolute Gasteiger partial charge is 0.351 e. The molecule has 1 unspecified atom stereocenters. The lowest BCUT2D eigenvalue weighted by atomic mass is 10.0. The lowest BCUT2D eigenvalue weighted by Crippen LogP contribution is -2.54. The first kappa shape index (κ1) is 22.8. The molecule has 1 fully saturated rings. The fraction of sp³-hybridized carbons (Fsp3) is 0.571. The molecule has 0 radical (unpaired) electrons. The van der Waals surface area contributed by atoms with Gasteiger partial charge in [-0.3, -0.25) is 14.4 Å². The first-order valence-corrected chi connectivity index (χ1v) is 10.2. The van der Waals surface area contributed by atoms with Crippen LogP contribution in [0.25, 0.3) is 0 Å². The van der Waals surface area contributed by atoms with Gasteiger partial charge in [0.2, 0.25) is 17.7 Å². The van der Waals surface area contributed by atoms with Crippen molar-refractivity contribution in [2.24, 2.45) is 5.73 Å². The third-order valence-corrected chi connectivity index (χ3v) is 5.11. The Morgan fingerprint density at radius 1 is 1.07 bits per heavy atom. The van der Waals surface area contributed by atoms with Crippen molar-refractivity contribution in [3.05, 3.63) is 35.4 Å². The third-order valence-electron chi connectivity index (χ3n) is 5.11. The number of hydrogen-bond acceptors (Lipinski definition) is 5. The van der Waals surface area contributed by atoms with Gasteiger partial charge < -0.3 is 26.2 Å². The molecule has 1 aromatic carbocycles. The van der Waals surface area contributed by atoms with Gasteiger partial charge in [0.25, 0.3) is 0 Å². The van der Waals surface area contributed by atoms with E-state index in [9.17, 15) is 14.4 Å². The number of hydrogen-bond donors (Lipinski definition) is 3. The molecular formula is C21H33N5O3. The van der Waals surface area contributed by atoms with Crippen LogP contribution in [-0.2, 0) is 27.3 Å². The Morgan fingerprint density at radius 3 is 2.21 bits per heavy atom. The SMILES string of the molecule is CCC(=O)N[C@H](Cc1ccc(CNC(=O)C(C)N)cc1)C(=O)N1CCN(C)CC1. The third kappa shape index (κ3) is 7.14. The molecule has 4 N–H and O–H groups in total. The molecule has 0 aromatic heterocycles. The Bertz CT molecular complexity index is 697. The normalized spacial score (nSPS) is 16.8. The van der Waals surface area contributed by atoms with Crippen molar-refractivity contribution in [1.82, 2.24) is 20.4 Å². The van der Waals surface area contributed by atoms with Crippen LogP contribution in [0.1, 0.15) is 31.4 Å². The quantitative estimate of drug-likeness (QED) is 0.560. The number of rotatable bonds is 8. The van der Waals surface area contributed by atoms with Crippen molar-refractivity contribution in [1.29, 1.82) is 0 Å². The van der Waals surface area contributed by atoms with E-state index in [0.29, 0.717) is 32.5 Å². The Morgan fingerprint density at radius 2 is 1.66 bits per heavy atom. The van der Waals surface area contributed by atoms with Crippen LogP contribution in [0.3, 0.4) is 0 Å². The summed E-state index contributed by atoms with van der Waals surface area (Å²) in [5, 5.41) is 5.65. The van der Waals surface area contributed by atoms with E-state index < -0.39 is 12.1 Å². The molecule has 3 amide bonds. The van der Waals surface area contributed by atoms with E-state index in [-0.39, 0.29) is 17.7 Å². The zero-order valence-corrected chi connectivity index (χ0v) is 17.6. The van der Waals surface area contributed by atoms with E-state index in [1.54, 1.807) is 13.8 Å². The zero-order chi connectivity index (χ0) is 21.4. The number of likely N-dealkylation sites (N-methyl/N-ethyl adjacent to an activating group) is 1. The summed E-state index contributed by atoms with van der Waals surface area (Å²) in [6.45, 7) is 6.83. The second-order valence-electron chi connectivity index (χ2n) is 7.63. The monoisotopic (exact) mass is 403 g/mol. The maximum absolute atomic E-state index is 13.0. The van der Waals surface area contributed by atoms with Crippen molar-refractivity contribution in [3.8, 4) is 0 Å². The lowest BCUT2D eigenvalue weighted by Gasteiger charge is -2.34. The van der Waals surface area contributed by atoms with Crippen LogP contribution in [-0.4, -0.2) is 72.8 Å². The summed E-state index contributed by atoms with van der Waals surface area (Å²) in [5.74, 6) is -0.366. The van der Waals surface area contributed by atoms with Crippen molar-refractivity contribution in [2.45, 2.75) is 45.3 Å². The highest BCUT2D eigenvalue weighted by Crippen LogP contribution is 2.11. The highest BCUT2D eigenvalue weighted by Gasteiger charge is 2.27. The second-order valence-corrected chi connectivity index (χ2v) is 7.63. The molecule has 0 bridgehead atoms. The number of carbonyl (C=O) groups is 3.